The largest absolute Gasteiger partial charge is 0.387 e. The van der Waals surface area contributed by atoms with Crippen molar-refractivity contribution in [3.8, 4) is 0 Å². The molecule has 3 rings (SSSR count). The Morgan fingerprint density at radius 1 is 1.22 bits per heavy atom. The van der Waals surface area contributed by atoms with Crippen molar-refractivity contribution in [2.75, 3.05) is 24.5 Å². The molecule has 1 aromatic heterocycles. The van der Waals surface area contributed by atoms with Gasteiger partial charge >= 0.3 is 15.2 Å². The lowest BCUT2D eigenvalue weighted by Crippen LogP contribution is -2.34. The van der Waals surface area contributed by atoms with Gasteiger partial charge in [-0.05, 0) is 43.0 Å². The summed E-state index contributed by atoms with van der Waals surface area (Å²) in [6.45, 7) is 5.05. The molecule has 15 heteroatoms. The number of aromatic nitrogens is 2. The summed E-state index contributed by atoms with van der Waals surface area (Å²) in [6, 6.07) is 0.328. The monoisotopic (exact) mass is 567 g/mol. The molecule has 0 spiro atoms. The third-order valence-corrected chi connectivity index (χ3v) is 9.92. The zero-order valence-electron chi connectivity index (χ0n) is 20.0. The Labute approximate surface area is 214 Å². The Hall–Kier alpha value is -1.17. The third-order valence-electron chi connectivity index (χ3n) is 6.29. The first-order valence-corrected chi connectivity index (χ1v) is 15.3. The molecule has 0 bridgehead atoms. The first-order valence-electron chi connectivity index (χ1n) is 11.3. The summed E-state index contributed by atoms with van der Waals surface area (Å²) in [4.78, 5) is 38.2. The molecule has 12 nitrogen and oxygen atoms in total. The van der Waals surface area contributed by atoms with E-state index in [2.05, 4.69) is 21.4 Å². The average Bonchev–Trinajstić information content (AvgIpc) is 3.38. The fourth-order valence-corrected chi connectivity index (χ4v) is 7.18. The zero-order valence-corrected chi connectivity index (χ0v) is 22.5. The lowest BCUT2D eigenvalue weighted by atomic mass is 10.0. The van der Waals surface area contributed by atoms with Crippen molar-refractivity contribution in [3.63, 3.8) is 0 Å². The van der Waals surface area contributed by atoms with Gasteiger partial charge in [-0.2, -0.15) is 4.98 Å². The van der Waals surface area contributed by atoms with E-state index in [4.69, 9.17) is 30.6 Å². The summed E-state index contributed by atoms with van der Waals surface area (Å²) in [5, 5.41) is 20.9. The summed E-state index contributed by atoms with van der Waals surface area (Å²) in [7, 11) is -7.49. The number of aryl methyl sites for hydroxylation is 1. The molecule has 1 unspecified atom stereocenters. The van der Waals surface area contributed by atoms with Gasteiger partial charge in [-0.15, -0.1) is 0 Å². The van der Waals surface area contributed by atoms with Gasteiger partial charge in [0.25, 0.3) is 0 Å². The highest BCUT2D eigenvalue weighted by Crippen LogP contribution is 2.55. The Morgan fingerprint density at radius 3 is 2.47 bits per heavy atom. The van der Waals surface area contributed by atoms with Gasteiger partial charge in [0.05, 0.1) is 12.3 Å². The van der Waals surface area contributed by atoms with Crippen molar-refractivity contribution in [3.05, 3.63) is 34.8 Å². The van der Waals surface area contributed by atoms with Crippen molar-refractivity contribution in [1.82, 2.24) is 9.97 Å². The van der Waals surface area contributed by atoms with Crippen LogP contribution in [0.1, 0.15) is 36.9 Å². The lowest BCUT2D eigenvalue weighted by Gasteiger charge is -2.27. The van der Waals surface area contributed by atoms with Gasteiger partial charge in [0.15, 0.2) is 5.90 Å². The molecule has 2 aliphatic rings. The molecule has 5 atom stereocenters. The fraction of sp³-hybridized carbons (Fsp3) is 0.619. The fourth-order valence-electron chi connectivity index (χ4n) is 4.40. The quantitative estimate of drug-likeness (QED) is 0.158. The maximum atomic E-state index is 11.9. The minimum absolute atomic E-state index is 0.128. The Morgan fingerprint density at radius 2 is 1.86 bits per heavy atom. The second-order valence-electron chi connectivity index (χ2n) is 9.09. The number of ether oxygens (including phenoxy) is 1. The summed E-state index contributed by atoms with van der Waals surface area (Å²) in [6.07, 6.45) is 2.51. The van der Waals surface area contributed by atoms with Gasteiger partial charge in [-0.3, -0.25) is 9.13 Å². The predicted molar refractivity (Wildman–Crippen MR) is 134 cm³/mol. The highest BCUT2D eigenvalue weighted by atomic mass is 35.5. The molecule has 1 aliphatic carbocycles. The molecule has 1 aliphatic heterocycles. The van der Waals surface area contributed by atoms with Crippen LogP contribution in [0, 0.1) is 6.92 Å². The van der Waals surface area contributed by atoms with E-state index >= 15 is 0 Å². The number of aliphatic hydroxyl groups excluding tert-OH is 2. The molecule has 2 fully saturated rings. The maximum absolute atomic E-state index is 11.9. The number of nitrogens with zero attached hydrogens (tertiary/aromatic N) is 3. The van der Waals surface area contributed by atoms with E-state index in [-0.39, 0.29) is 5.28 Å². The average molecular weight is 568 g/mol. The standard InChI is InChI=1S/C21H32ClN3O9P2/c1-12(19-18(27)17(26)16(34-19)10-33-36(31,32)11-35(28,29)30)8-9-15-13(2)23-21(22)24-20(15)25(3)14-6-4-5-7-14/h8-9,14,16-19,26-27H,1,4-7,10-11H2,2-3H3,(H,31,32)(H2,28,29,30)/b9-8-/t16-,17-,18-,19+/m1/s1. The van der Waals surface area contributed by atoms with Crippen LogP contribution in [0.4, 0.5) is 5.82 Å². The van der Waals surface area contributed by atoms with Crippen molar-refractivity contribution in [2.45, 2.75) is 63.1 Å². The maximum Gasteiger partial charge on any atom is 0.340 e. The van der Waals surface area contributed by atoms with E-state index in [9.17, 15) is 24.2 Å². The van der Waals surface area contributed by atoms with Crippen molar-refractivity contribution < 1.29 is 43.3 Å². The van der Waals surface area contributed by atoms with Crippen molar-refractivity contribution in [1.29, 1.82) is 0 Å². The summed E-state index contributed by atoms with van der Waals surface area (Å²) in [5.74, 6) is -0.712. The third kappa shape index (κ3) is 7.45. The summed E-state index contributed by atoms with van der Waals surface area (Å²) < 4.78 is 33.2. The Balaban J connectivity index is 1.72. The Kier molecular flexibility index (Phi) is 9.55. The molecule has 1 aromatic rings. The van der Waals surface area contributed by atoms with Gasteiger partial charge in [-0.25, -0.2) is 4.98 Å². The van der Waals surface area contributed by atoms with E-state index in [1.54, 1.807) is 19.1 Å². The predicted octanol–water partition coefficient (Wildman–Crippen LogP) is 2.21. The second kappa shape index (κ2) is 11.7. The van der Waals surface area contributed by atoms with Crippen LogP contribution in [0.2, 0.25) is 5.28 Å². The SMILES string of the molecule is C=C(/C=C\c1c(C)nc(Cl)nc1N(C)C1CCCC1)[C@@H]1O[C@H](COP(=O)(O)CP(=O)(O)O)[C@@H](O)[C@H]1O. The molecule has 1 saturated carbocycles. The van der Waals surface area contributed by atoms with Gasteiger partial charge in [0.1, 0.15) is 30.2 Å². The number of aliphatic hydroxyl groups is 2. The lowest BCUT2D eigenvalue weighted by molar-refractivity contribution is -0.00895. The number of rotatable bonds is 10. The van der Waals surface area contributed by atoms with Gasteiger partial charge in [-0.1, -0.05) is 25.5 Å². The molecule has 36 heavy (non-hydrogen) atoms. The topological polar surface area (TPSA) is 183 Å². The first kappa shape index (κ1) is 29.4. The Bertz CT molecular complexity index is 1090. The molecule has 5 N–H and O–H groups in total. The first-order chi connectivity index (χ1) is 16.7. The molecular formula is C21H32ClN3O9P2. The minimum Gasteiger partial charge on any atom is -0.387 e. The van der Waals surface area contributed by atoms with Crippen LogP contribution < -0.4 is 4.90 Å². The molecule has 202 valence electrons. The van der Waals surface area contributed by atoms with E-state index in [1.165, 1.54) is 0 Å². The van der Waals surface area contributed by atoms with Crippen LogP contribution in [-0.4, -0.2) is 84.9 Å². The van der Waals surface area contributed by atoms with Crippen LogP contribution in [0.25, 0.3) is 6.08 Å². The molecular weight excluding hydrogens is 536 g/mol. The van der Waals surface area contributed by atoms with Crippen molar-refractivity contribution >= 4 is 38.7 Å². The van der Waals surface area contributed by atoms with Crippen molar-refractivity contribution in [2.24, 2.45) is 0 Å². The number of halogens is 1. The van der Waals surface area contributed by atoms with Crippen LogP contribution in [-0.2, 0) is 18.4 Å². The van der Waals surface area contributed by atoms with Gasteiger partial charge < -0.3 is 39.1 Å². The smallest absolute Gasteiger partial charge is 0.340 e. The summed E-state index contributed by atoms with van der Waals surface area (Å²) in [5.41, 5.74) is 1.65. The van der Waals surface area contributed by atoms with Crippen LogP contribution in [0.3, 0.4) is 0 Å². The van der Waals surface area contributed by atoms with E-state index in [0.29, 0.717) is 28.7 Å². The number of hydrogen-bond donors (Lipinski definition) is 5. The van der Waals surface area contributed by atoms with Gasteiger partial charge in [0.2, 0.25) is 5.28 Å². The van der Waals surface area contributed by atoms with Crippen LogP contribution >= 0.6 is 26.8 Å². The molecule has 2 heterocycles. The highest BCUT2D eigenvalue weighted by Gasteiger charge is 2.44. The molecule has 0 aromatic carbocycles. The van der Waals surface area contributed by atoms with E-state index < -0.39 is 52.1 Å². The minimum atomic E-state index is -4.80. The normalized spacial score (nSPS) is 27.0. The second-order valence-corrected chi connectivity index (χ2v) is 13.4. The molecule has 0 amide bonds. The van der Waals surface area contributed by atoms with E-state index in [0.717, 1.165) is 25.7 Å². The number of hydrogen-bond acceptors (Lipinski definition) is 9. The molecule has 0 radical (unpaired) electrons. The van der Waals surface area contributed by atoms with Gasteiger partial charge in [0, 0.05) is 18.7 Å². The zero-order chi connectivity index (χ0) is 26.8. The summed E-state index contributed by atoms with van der Waals surface area (Å²) >= 11 is 6.12. The van der Waals surface area contributed by atoms with Crippen LogP contribution in [0.15, 0.2) is 18.2 Å². The highest BCUT2D eigenvalue weighted by molar-refractivity contribution is 7.70. The number of anilines is 1. The van der Waals surface area contributed by atoms with E-state index in [1.807, 2.05) is 7.05 Å². The molecule has 1 saturated heterocycles. The van der Waals surface area contributed by atoms with Crippen LogP contribution in [0.5, 0.6) is 0 Å².